The molecule has 0 saturated carbocycles. The number of carboxylic acid groups (broad SMARTS) is 1. The zero-order valence-corrected chi connectivity index (χ0v) is 17.9. The second kappa shape index (κ2) is 11.0. The molecular weight excluding hydrogens is 422 g/mol. The van der Waals surface area contributed by atoms with Crippen LogP contribution in [0.15, 0.2) is 66.7 Å². The molecule has 0 spiro atoms. The lowest BCUT2D eigenvalue weighted by molar-refractivity contribution is -0.141. The standard InChI is InChI=1S/C25H25N3O5/c26-14-6-5-11-21(25(32)33)28-24(31)22(29)19-9-3-4-10-20(19)27-23(30)18-13-12-16-7-1-2-8-17(16)15-18/h1-4,7-10,12-13,15,21H,5-6,11,14,26H2,(H,27,30)(H,28,31)(H,32,33). The van der Waals surface area contributed by atoms with Gasteiger partial charge in [-0.05, 0) is 60.8 Å². The number of nitrogens with two attached hydrogens (primary N) is 1. The third kappa shape index (κ3) is 6.02. The van der Waals surface area contributed by atoms with Gasteiger partial charge in [-0.2, -0.15) is 0 Å². The summed E-state index contributed by atoms with van der Waals surface area (Å²) in [4.78, 5) is 49.5. The number of amides is 2. The molecule has 0 aromatic heterocycles. The van der Waals surface area contributed by atoms with Crippen LogP contribution in [0.3, 0.4) is 0 Å². The van der Waals surface area contributed by atoms with E-state index < -0.39 is 29.6 Å². The molecule has 0 bridgehead atoms. The number of para-hydroxylation sites is 1. The molecule has 3 aromatic carbocycles. The monoisotopic (exact) mass is 447 g/mol. The first-order valence-electron chi connectivity index (χ1n) is 10.6. The number of carboxylic acids is 1. The van der Waals surface area contributed by atoms with Crippen LogP contribution in [-0.4, -0.2) is 41.3 Å². The van der Waals surface area contributed by atoms with Crippen molar-refractivity contribution in [3.8, 4) is 0 Å². The van der Waals surface area contributed by atoms with E-state index in [9.17, 15) is 24.3 Å². The minimum atomic E-state index is -1.23. The quantitative estimate of drug-likeness (QED) is 0.214. The molecule has 2 amide bonds. The molecule has 0 aliphatic heterocycles. The number of anilines is 1. The fraction of sp³-hybridized carbons (Fsp3) is 0.200. The fourth-order valence-electron chi connectivity index (χ4n) is 3.41. The zero-order valence-electron chi connectivity index (χ0n) is 17.9. The van der Waals surface area contributed by atoms with Crippen molar-refractivity contribution in [2.45, 2.75) is 25.3 Å². The Morgan fingerprint density at radius 3 is 2.30 bits per heavy atom. The second-order valence-electron chi connectivity index (χ2n) is 7.54. The molecule has 0 saturated heterocycles. The SMILES string of the molecule is NCCCCC(NC(=O)C(=O)c1ccccc1NC(=O)c1ccc2ccccc2c1)C(=O)O. The predicted molar refractivity (Wildman–Crippen MR) is 125 cm³/mol. The number of fused-ring (bicyclic) bond motifs is 1. The van der Waals surface area contributed by atoms with Gasteiger partial charge in [0, 0.05) is 5.56 Å². The lowest BCUT2D eigenvalue weighted by Gasteiger charge is -2.15. The Balaban J connectivity index is 1.75. The van der Waals surface area contributed by atoms with Crippen molar-refractivity contribution in [2.24, 2.45) is 5.73 Å². The molecular formula is C25H25N3O5. The van der Waals surface area contributed by atoms with Crippen molar-refractivity contribution in [1.29, 1.82) is 0 Å². The molecule has 0 aliphatic carbocycles. The normalized spacial score (nSPS) is 11.5. The molecule has 33 heavy (non-hydrogen) atoms. The molecule has 1 atom stereocenters. The summed E-state index contributed by atoms with van der Waals surface area (Å²) in [6, 6.07) is 17.7. The second-order valence-corrected chi connectivity index (χ2v) is 7.54. The summed E-state index contributed by atoms with van der Waals surface area (Å²) in [5.41, 5.74) is 5.94. The molecule has 0 heterocycles. The molecule has 1 unspecified atom stereocenters. The van der Waals surface area contributed by atoms with Crippen LogP contribution in [0.5, 0.6) is 0 Å². The number of hydrogen-bond donors (Lipinski definition) is 4. The van der Waals surface area contributed by atoms with Crippen molar-refractivity contribution in [2.75, 3.05) is 11.9 Å². The van der Waals surface area contributed by atoms with Crippen molar-refractivity contribution < 1.29 is 24.3 Å². The van der Waals surface area contributed by atoms with Gasteiger partial charge in [0.05, 0.1) is 11.3 Å². The minimum absolute atomic E-state index is 0.0322. The fourth-order valence-corrected chi connectivity index (χ4v) is 3.41. The largest absolute Gasteiger partial charge is 0.480 e. The molecule has 3 rings (SSSR count). The Bertz CT molecular complexity index is 1190. The topological polar surface area (TPSA) is 139 Å². The van der Waals surface area contributed by atoms with Crippen LogP contribution in [0.2, 0.25) is 0 Å². The van der Waals surface area contributed by atoms with Crippen molar-refractivity contribution in [1.82, 2.24) is 5.32 Å². The number of nitrogens with one attached hydrogen (secondary N) is 2. The van der Waals surface area contributed by atoms with E-state index >= 15 is 0 Å². The van der Waals surface area contributed by atoms with Gasteiger partial charge in [-0.15, -0.1) is 0 Å². The Morgan fingerprint density at radius 1 is 0.879 bits per heavy atom. The highest BCUT2D eigenvalue weighted by Crippen LogP contribution is 2.20. The van der Waals surface area contributed by atoms with Crippen molar-refractivity contribution >= 4 is 40.0 Å². The smallest absolute Gasteiger partial charge is 0.326 e. The lowest BCUT2D eigenvalue weighted by atomic mass is 10.0. The Labute approximate surface area is 190 Å². The van der Waals surface area contributed by atoms with E-state index in [-0.39, 0.29) is 17.7 Å². The van der Waals surface area contributed by atoms with Gasteiger partial charge in [0.25, 0.3) is 17.6 Å². The molecule has 3 aromatic rings. The molecule has 5 N–H and O–H groups in total. The van der Waals surface area contributed by atoms with Gasteiger partial charge in [-0.3, -0.25) is 14.4 Å². The van der Waals surface area contributed by atoms with E-state index in [1.54, 1.807) is 24.3 Å². The summed E-state index contributed by atoms with van der Waals surface area (Å²) >= 11 is 0. The average molecular weight is 447 g/mol. The van der Waals surface area contributed by atoms with Gasteiger partial charge in [-0.1, -0.05) is 42.5 Å². The number of hydrogen-bond acceptors (Lipinski definition) is 5. The van der Waals surface area contributed by atoms with E-state index in [1.807, 2.05) is 30.3 Å². The van der Waals surface area contributed by atoms with Crippen LogP contribution in [0, 0.1) is 0 Å². The number of benzene rings is 3. The van der Waals surface area contributed by atoms with Gasteiger partial charge in [0.1, 0.15) is 6.04 Å². The van der Waals surface area contributed by atoms with E-state index in [2.05, 4.69) is 10.6 Å². The van der Waals surface area contributed by atoms with Crippen LogP contribution in [-0.2, 0) is 9.59 Å². The van der Waals surface area contributed by atoms with Crippen LogP contribution >= 0.6 is 0 Å². The maximum Gasteiger partial charge on any atom is 0.326 e. The summed E-state index contributed by atoms with van der Waals surface area (Å²) in [6.45, 7) is 0.406. The predicted octanol–water partition coefficient (Wildman–Crippen LogP) is 2.97. The number of Topliss-reactive ketones (excluding diaryl/α,β-unsaturated/α-hetero) is 1. The highest BCUT2D eigenvalue weighted by molar-refractivity contribution is 6.44. The third-order valence-electron chi connectivity index (χ3n) is 5.19. The highest BCUT2D eigenvalue weighted by atomic mass is 16.4. The Morgan fingerprint density at radius 2 is 1.58 bits per heavy atom. The third-order valence-corrected chi connectivity index (χ3v) is 5.19. The van der Waals surface area contributed by atoms with Gasteiger partial charge in [0.15, 0.2) is 0 Å². The Kier molecular flexibility index (Phi) is 7.88. The van der Waals surface area contributed by atoms with Gasteiger partial charge >= 0.3 is 5.97 Å². The first-order valence-corrected chi connectivity index (χ1v) is 10.6. The number of carbonyl (C=O) groups excluding carboxylic acids is 3. The summed E-state index contributed by atoms with van der Waals surface area (Å²) in [5.74, 6) is -3.66. The number of aliphatic carboxylic acids is 1. The van der Waals surface area contributed by atoms with E-state index in [0.29, 0.717) is 24.9 Å². The van der Waals surface area contributed by atoms with Crippen molar-refractivity contribution in [3.63, 3.8) is 0 Å². The number of unbranched alkanes of at least 4 members (excludes halogenated alkanes) is 1. The average Bonchev–Trinajstić information content (AvgIpc) is 2.82. The van der Waals surface area contributed by atoms with Crippen LogP contribution in [0.4, 0.5) is 5.69 Å². The van der Waals surface area contributed by atoms with E-state index in [0.717, 1.165) is 10.8 Å². The maximum absolute atomic E-state index is 12.8. The number of ketones is 1. The summed E-state index contributed by atoms with van der Waals surface area (Å²) in [5, 5.41) is 16.2. The van der Waals surface area contributed by atoms with Crippen LogP contribution < -0.4 is 16.4 Å². The number of rotatable bonds is 10. The minimum Gasteiger partial charge on any atom is -0.480 e. The molecule has 0 fully saturated rings. The summed E-state index contributed by atoms with van der Waals surface area (Å²) in [6.07, 6.45) is 1.27. The maximum atomic E-state index is 12.8. The molecule has 170 valence electrons. The van der Waals surface area contributed by atoms with Gasteiger partial charge in [0.2, 0.25) is 0 Å². The van der Waals surface area contributed by atoms with Gasteiger partial charge < -0.3 is 21.5 Å². The summed E-state index contributed by atoms with van der Waals surface area (Å²) < 4.78 is 0. The van der Waals surface area contributed by atoms with Crippen molar-refractivity contribution in [3.05, 3.63) is 77.9 Å². The van der Waals surface area contributed by atoms with Crippen LogP contribution in [0.1, 0.15) is 40.0 Å². The molecule has 8 heteroatoms. The molecule has 0 aliphatic rings. The molecule has 8 nitrogen and oxygen atoms in total. The molecule has 0 radical (unpaired) electrons. The summed E-state index contributed by atoms with van der Waals surface area (Å²) in [7, 11) is 0. The highest BCUT2D eigenvalue weighted by Gasteiger charge is 2.26. The van der Waals surface area contributed by atoms with Gasteiger partial charge in [-0.25, -0.2) is 4.79 Å². The Hall–Kier alpha value is -4.04. The van der Waals surface area contributed by atoms with Crippen LogP contribution in [0.25, 0.3) is 10.8 Å². The van der Waals surface area contributed by atoms with E-state index in [1.165, 1.54) is 12.1 Å². The first kappa shape index (κ1) is 23.6. The zero-order chi connectivity index (χ0) is 23.8. The van der Waals surface area contributed by atoms with E-state index in [4.69, 9.17) is 5.73 Å². The number of carbonyl (C=O) groups is 4. The first-order chi connectivity index (χ1) is 15.9. The lowest BCUT2D eigenvalue weighted by Crippen LogP contribution is -2.44.